The monoisotopic (exact) mass is 297 g/mol. The fraction of sp³-hybridized carbons (Fsp3) is 0.467. The van der Waals surface area contributed by atoms with Gasteiger partial charge < -0.3 is 10.1 Å². The van der Waals surface area contributed by atoms with Crippen LogP contribution < -0.4 is 10.1 Å². The summed E-state index contributed by atoms with van der Waals surface area (Å²) in [6.07, 6.45) is 3.15. The maximum atomic E-state index is 11.8. The van der Waals surface area contributed by atoms with E-state index in [2.05, 4.69) is 12.2 Å². The van der Waals surface area contributed by atoms with E-state index in [4.69, 9.17) is 16.3 Å². The highest BCUT2D eigenvalue weighted by Crippen LogP contribution is 2.22. The van der Waals surface area contributed by atoms with Crippen molar-refractivity contribution >= 4 is 23.8 Å². The maximum Gasteiger partial charge on any atom is 0.260 e. The molecule has 1 aromatic rings. The molecule has 0 fully saturated rings. The first kappa shape index (κ1) is 16.5. The molecular formula is C15H20ClNO3. The summed E-state index contributed by atoms with van der Waals surface area (Å²) in [4.78, 5) is 22.8. The molecule has 0 bridgehead atoms. The van der Waals surface area contributed by atoms with Gasteiger partial charge in [-0.25, -0.2) is 0 Å². The second kappa shape index (κ2) is 8.59. The van der Waals surface area contributed by atoms with Gasteiger partial charge in [-0.3, -0.25) is 9.59 Å². The number of rotatable bonds is 8. The Hall–Kier alpha value is -1.55. The van der Waals surface area contributed by atoms with Gasteiger partial charge in [-0.05, 0) is 31.5 Å². The molecule has 110 valence electrons. The van der Waals surface area contributed by atoms with Crippen molar-refractivity contribution in [1.82, 2.24) is 5.32 Å². The highest BCUT2D eigenvalue weighted by molar-refractivity contribution is 6.30. The van der Waals surface area contributed by atoms with Crippen molar-refractivity contribution in [2.45, 2.75) is 39.2 Å². The second-order valence-corrected chi connectivity index (χ2v) is 4.99. The lowest BCUT2D eigenvalue weighted by Crippen LogP contribution is -2.37. The van der Waals surface area contributed by atoms with E-state index in [9.17, 15) is 9.59 Å². The van der Waals surface area contributed by atoms with E-state index in [1.165, 1.54) is 6.07 Å². The largest absolute Gasteiger partial charge is 0.480 e. The number of nitrogens with one attached hydrogen (secondary N) is 1. The maximum absolute atomic E-state index is 11.8. The van der Waals surface area contributed by atoms with Crippen LogP contribution in [0.2, 0.25) is 5.02 Å². The van der Waals surface area contributed by atoms with Crippen LogP contribution in [0.25, 0.3) is 0 Å². The van der Waals surface area contributed by atoms with Crippen molar-refractivity contribution in [2.24, 2.45) is 0 Å². The average molecular weight is 298 g/mol. The third kappa shape index (κ3) is 5.21. The van der Waals surface area contributed by atoms with E-state index in [-0.39, 0.29) is 5.91 Å². The Labute approximate surface area is 124 Å². The van der Waals surface area contributed by atoms with E-state index in [1.54, 1.807) is 19.1 Å². The molecule has 4 nitrogen and oxygen atoms in total. The molecule has 20 heavy (non-hydrogen) atoms. The molecule has 0 heterocycles. The van der Waals surface area contributed by atoms with Crippen LogP contribution in [0.5, 0.6) is 5.75 Å². The summed E-state index contributed by atoms with van der Waals surface area (Å²) < 4.78 is 5.51. The van der Waals surface area contributed by atoms with Gasteiger partial charge in [0.05, 0.1) is 5.56 Å². The topological polar surface area (TPSA) is 55.4 Å². The van der Waals surface area contributed by atoms with Crippen molar-refractivity contribution in [3.63, 3.8) is 0 Å². The zero-order valence-electron chi connectivity index (χ0n) is 11.8. The van der Waals surface area contributed by atoms with Crippen molar-refractivity contribution in [3.05, 3.63) is 28.8 Å². The molecule has 0 radical (unpaired) electrons. The van der Waals surface area contributed by atoms with Crippen LogP contribution in [-0.4, -0.2) is 24.8 Å². The molecule has 1 amide bonds. The smallest absolute Gasteiger partial charge is 0.260 e. The van der Waals surface area contributed by atoms with Crippen molar-refractivity contribution in [2.75, 3.05) is 6.54 Å². The van der Waals surface area contributed by atoms with Crippen molar-refractivity contribution in [3.8, 4) is 5.75 Å². The lowest BCUT2D eigenvalue weighted by Gasteiger charge is -2.16. The Morgan fingerprint density at radius 2 is 2.20 bits per heavy atom. The van der Waals surface area contributed by atoms with Crippen LogP contribution in [0, 0.1) is 0 Å². The average Bonchev–Trinajstić information content (AvgIpc) is 2.45. The number of carbonyl (C=O) groups is 2. The summed E-state index contributed by atoms with van der Waals surface area (Å²) in [5, 5.41) is 3.26. The predicted molar refractivity (Wildman–Crippen MR) is 79.5 cm³/mol. The number of amides is 1. The van der Waals surface area contributed by atoms with E-state index in [0.717, 1.165) is 19.3 Å². The first-order valence-corrected chi connectivity index (χ1v) is 7.15. The van der Waals surface area contributed by atoms with Gasteiger partial charge in [0.2, 0.25) is 0 Å². The van der Waals surface area contributed by atoms with E-state index < -0.39 is 6.10 Å². The van der Waals surface area contributed by atoms with Gasteiger partial charge in [0, 0.05) is 11.6 Å². The van der Waals surface area contributed by atoms with Crippen LogP contribution >= 0.6 is 11.6 Å². The number of halogens is 1. The molecule has 1 atom stereocenters. The number of aldehydes is 1. The summed E-state index contributed by atoms with van der Waals surface area (Å²) in [6.45, 7) is 4.40. The number of hydrogen-bond donors (Lipinski definition) is 1. The van der Waals surface area contributed by atoms with E-state index >= 15 is 0 Å². The first-order chi connectivity index (χ1) is 9.58. The van der Waals surface area contributed by atoms with Gasteiger partial charge in [0.1, 0.15) is 5.75 Å². The highest BCUT2D eigenvalue weighted by atomic mass is 35.5. The van der Waals surface area contributed by atoms with E-state index in [0.29, 0.717) is 29.2 Å². The highest BCUT2D eigenvalue weighted by Gasteiger charge is 2.15. The molecule has 1 N–H and O–H groups in total. The van der Waals surface area contributed by atoms with Crippen molar-refractivity contribution < 1.29 is 14.3 Å². The third-order valence-corrected chi connectivity index (χ3v) is 3.09. The summed E-state index contributed by atoms with van der Waals surface area (Å²) in [6, 6.07) is 4.72. The SMILES string of the molecule is CCCCCNC(=O)C(C)Oc1ccc(Cl)cc1C=O. The summed E-state index contributed by atoms with van der Waals surface area (Å²) in [5.41, 5.74) is 0.336. The molecule has 1 rings (SSSR count). The normalized spacial score (nSPS) is 11.8. The molecular weight excluding hydrogens is 278 g/mol. The fourth-order valence-electron chi connectivity index (χ4n) is 1.69. The molecule has 1 aromatic carbocycles. The van der Waals surface area contributed by atoms with Crippen LogP contribution in [-0.2, 0) is 4.79 Å². The lowest BCUT2D eigenvalue weighted by atomic mass is 10.2. The molecule has 0 aliphatic carbocycles. The molecule has 0 spiro atoms. The Morgan fingerprint density at radius 1 is 1.45 bits per heavy atom. The van der Waals surface area contributed by atoms with Gasteiger partial charge in [-0.1, -0.05) is 31.4 Å². The Morgan fingerprint density at radius 3 is 2.85 bits per heavy atom. The Bertz CT molecular complexity index is 462. The van der Waals surface area contributed by atoms with Crippen LogP contribution in [0.4, 0.5) is 0 Å². The minimum absolute atomic E-state index is 0.187. The van der Waals surface area contributed by atoms with Gasteiger partial charge in [-0.15, -0.1) is 0 Å². The zero-order valence-corrected chi connectivity index (χ0v) is 12.6. The Balaban J connectivity index is 2.54. The fourth-order valence-corrected chi connectivity index (χ4v) is 1.87. The third-order valence-electron chi connectivity index (χ3n) is 2.85. The van der Waals surface area contributed by atoms with Gasteiger partial charge in [0.25, 0.3) is 5.91 Å². The number of ether oxygens (including phenoxy) is 1. The van der Waals surface area contributed by atoms with Crippen molar-refractivity contribution in [1.29, 1.82) is 0 Å². The molecule has 0 aromatic heterocycles. The molecule has 5 heteroatoms. The molecule has 0 aliphatic rings. The summed E-state index contributed by atoms with van der Waals surface area (Å²) >= 11 is 5.80. The summed E-state index contributed by atoms with van der Waals surface area (Å²) in [7, 11) is 0. The van der Waals surface area contributed by atoms with Crippen LogP contribution in [0.1, 0.15) is 43.5 Å². The number of carbonyl (C=O) groups excluding carboxylic acids is 2. The van der Waals surface area contributed by atoms with E-state index in [1.807, 2.05) is 0 Å². The number of unbranched alkanes of at least 4 members (excludes halogenated alkanes) is 2. The summed E-state index contributed by atoms with van der Waals surface area (Å²) in [5.74, 6) is 0.175. The minimum atomic E-state index is -0.656. The van der Waals surface area contributed by atoms with Gasteiger partial charge in [0.15, 0.2) is 12.4 Å². The molecule has 0 saturated heterocycles. The van der Waals surface area contributed by atoms with Crippen LogP contribution in [0.15, 0.2) is 18.2 Å². The predicted octanol–water partition coefficient (Wildman–Crippen LogP) is 3.23. The van der Waals surface area contributed by atoms with Gasteiger partial charge in [-0.2, -0.15) is 0 Å². The zero-order chi connectivity index (χ0) is 15.0. The quantitative estimate of drug-likeness (QED) is 0.592. The molecule has 1 unspecified atom stereocenters. The number of hydrogen-bond acceptors (Lipinski definition) is 3. The van der Waals surface area contributed by atoms with Crippen LogP contribution in [0.3, 0.4) is 0 Å². The Kier molecular flexibility index (Phi) is 7.09. The number of benzene rings is 1. The molecule has 0 saturated carbocycles. The second-order valence-electron chi connectivity index (χ2n) is 4.56. The minimum Gasteiger partial charge on any atom is -0.480 e. The lowest BCUT2D eigenvalue weighted by molar-refractivity contribution is -0.127. The van der Waals surface area contributed by atoms with Gasteiger partial charge >= 0.3 is 0 Å². The standard InChI is InChI=1S/C15H20ClNO3/c1-3-4-5-8-17-15(19)11(2)20-14-7-6-13(16)9-12(14)10-18/h6-7,9-11H,3-5,8H2,1-2H3,(H,17,19). The first-order valence-electron chi connectivity index (χ1n) is 6.77. The molecule has 0 aliphatic heterocycles.